The van der Waals surface area contributed by atoms with Gasteiger partial charge in [0.25, 0.3) is 17.5 Å². The number of amides is 2. The van der Waals surface area contributed by atoms with Crippen molar-refractivity contribution < 1.29 is 14.5 Å². The third kappa shape index (κ3) is 5.16. The Kier molecular flexibility index (Phi) is 7.42. The number of nitrogens with zero attached hydrogens (tertiary/aromatic N) is 4. The molecule has 10 heteroatoms. The first-order valence-electron chi connectivity index (χ1n) is 13.3. The molecule has 0 atom stereocenters. The van der Waals surface area contributed by atoms with Crippen molar-refractivity contribution in [2.75, 3.05) is 31.1 Å². The van der Waals surface area contributed by atoms with Crippen molar-refractivity contribution >= 4 is 62.3 Å². The molecule has 41 heavy (non-hydrogen) atoms. The average Bonchev–Trinajstić information content (AvgIpc) is 3.01. The molecule has 0 radical (unpaired) electrons. The topological polar surface area (TPSA) is 87.0 Å². The Hall–Kier alpha value is -4.28. The van der Waals surface area contributed by atoms with Crippen molar-refractivity contribution in [1.29, 1.82) is 0 Å². The average molecular weight is 583 g/mol. The van der Waals surface area contributed by atoms with Gasteiger partial charge in [-0.25, -0.2) is 0 Å². The van der Waals surface area contributed by atoms with Crippen LogP contribution in [0.1, 0.15) is 31.8 Å². The lowest BCUT2D eigenvalue weighted by Gasteiger charge is -2.38. The van der Waals surface area contributed by atoms with Crippen molar-refractivity contribution in [2.45, 2.75) is 12.3 Å². The van der Waals surface area contributed by atoms with Gasteiger partial charge in [0.15, 0.2) is 0 Å². The van der Waals surface area contributed by atoms with Crippen LogP contribution in [0.2, 0.25) is 0 Å². The maximum absolute atomic E-state index is 13.6. The van der Waals surface area contributed by atoms with Crippen LogP contribution >= 0.6 is 24.0 Å². The van der Waals surface area contributed by atoms with E-state index in [1.54, 1.807) is 30.0 Å². The summed E-state index contributed by atoms with van der Waals surface area (Å²) in [4.78, 5) is 44.4. The van der Waals surface area contributed by atoms with Crippen LogP contribution in [0.3, 0.4) is 0 Å². The van der Waals surface area contributed by atoms with Crippen molar-refractivity contribution in [2.24, 2.45) is 0 Å². The van der Waals surface area contributed by atoms with Gasteiger partial charge in [-0.1, -0.05) is 96.8 Å². The van der Waals surface area contributed by atoms with Gasteiger partial charge in [0.05, 0.1) is 17.0 Å². The molecule has 2 heterocycles. The molecule has 6 rings (SSSR count). The van der Waals surface area contributed by atoms with Crippen LogP contribution in [0, 0.1) is 10.1 Å². The number of hydrogen-bond acceptors (Lipinski definition) is 7. The highest BCUT2D eigenvalue weighted by atomic mass is 32.2. The second kappa shape index (κ2) is 11.3. The van der Waals surface area contributed by atoms with Crippen LogP contribution < -0.4 is 4.90 Å². The molecule has 0 N–H and O–H groups in total. The van der Waals surface area contributed by atoms with Gasteiger partial charge in [0, 0.05) is 54.3 Å². The largest absolute Gasteiger partial charge is 0.362 e. The highest BCUT2D eigenvalue weighted by molar-refractivity contribution is 8.22. The summed E-state index contributed by atoms with van der Waals surface area (Å²) in [5.74, 6) is -0.144. The van der Waals surface area contributed by atoms with Gasteiger partial charge in [0.2, 0.25) is 0 Å². The van der Waals surface area contributed by atoms with Gasteiger partial charge in [-0.2, -0.15) is 0 Å². The van der Waals surface area contributed by atoms with Gasteiger partial charge in [-0.05, 0) is 17.2 Å². The summed E-state index contributed by atoms with van der Waals surface area (Å²) in [6, 6.07) is 25.9. The lowest BCUT2D eigenvalue weighted by Crippen LogP contribution is -2.48. The summed E-state index contributed by atoms with van der Waals surface area (Å²) in [7, 11) is 0. The fraction of sp³-hybridized carbons (Fsp3) is 0.194. The summed E-state index contributed by atoms with van der Waals surface area (Å²) >= 11 is 7.31. The number of benzene rings is 4. The number of hydrogen-bond donors (Lipinski definition) is 0. The molecule has 4 aromatic carbocycles. The molecule has 4 aromatic rings. The zero-order valence-corrected chi connectivity index (χ0v) is 23.7. The van der Waals surface area contributed by atoms with Crippen molar-refractivity contribution in [3.63, 3.8) is 0 Å². The van der Waals surface area contributed by atoms with Gasteiger partial charge < -0.3 is 9.80 Å². The van der Waals surface area contributed by atoms with Crippen LogP contribution in [-0.4, -0.2) is 57.0 Å². The summed E-state index contributed by atoms with van der Waals surface area (Å²) in [6.07, 6.45) is 0. The highest BCUT2D eigenvalue weighted by Gasteiger charge is 2.37. The molecule has 0 aromatic heterocycles. The molecule has 206 valence electrons. The number of thiocarbonyl (C=S) groups is 1. The lowest BCUT2D eigenvalue weighted by atomic mass is 9.91. The number of nitro groups is 1. The maximum atomic E-state index is 13.6. The maximum Gasteiger partial charge on any atom is 0.293 e. The van der Waals surface area contributed by atoms with Crippen LogP contribution in [0.5, 0.6) is 0 Å². The van der Waals surface area contributed by atoms with E-state index in [-0.39, 0.29) is 17.8 Å². The SMILES string of the molecule is O=C1c2cccc3c(N4CCN(C(=S)SCc5ccccc5)CC4)c([N+](=O)[O-])cc(c23)C(=O)N1Cc1ccccc1. The molecule has 1 fully saturated rings. The standard InChI is InChI=1S/C31H26N4O4S2/c36-29-24-13-7-12-23-27(24)25(30(37)34(29)19-21-8-3-1-4-9-21)18-26(35(38)39)28(23)32-14-16-33(17-15-32)31(40)41-20-22-10-5-2-6-11-22/h1-13,18H,14-17,19-20H2. The van der Waals surface area contributed by atoms with Crippen LogP contribution in [0.25, 0.3) is 10.8 Å². The van der Waals surface area contributed by atoms with Crippen molar-refractivity contribution in [3.05, 3.63) is 117 Å². The van der Waals surface area contributed by atoms with Crippen LogP contribution in [0.15, 0.2) is 84.9 Å². The quantitative estimate of drug-likeness (QED) is 0.121. The number of carbonyl (C=O) groups excluding carboxylic acids is 2. The summed E-state index contributed by atoms with van der Waals surface area (Å²) in [6.45, 7) is 2.36. The third-order valence-electron chi connectivity index (χ3n) is 7.50. The van der Waals surface area contributed by atoms with E-state index in [1.165, 1.54) is 16.5 Å². The van der Waals surface area contributed by atoms with E-state index in [9.17, 15) is 19.7 Å². The Morgan fingerprint density at radius 2 is 1.46 bits per heavy atom. The van der Waals surface area contributed by atoms with E-state index < -0.39 is 16.7 Å². The normalized spacial score (nSPS) is 15.0. The first kappa shape index (κ1) is 26.9. The Morgan fingerprint density at radius 1 is 0.829 bits per heavy atom. The minimum atomic E-state index is -0.525. The van der Waals surface area contributed by atoms with E-state index in [0.29, 0.717) is 48.2 Å². The number of rotatable bonds is 6. The predicted molar refractivity (Wildman–Crippen MR) is 165 cm³/mol. The third-order valence-corrected chi connectivity index (χ3v) is 9.10. The summed E-state index contributed by atoms with van der Waals surface area (Å²) < 4.78 is 0.801. The molecular formula is C31H26N4O4S2. The van der Waals surface area contributed by atoms with E-state index >= 15 is 0 Å². The fourth-order valence-corrected chi connectivity index (χ4v) is 6.70. The van der Waals surface area contributed by atoms with Crippen LogP contribution in [0.4, 0.5) is 11.4 Å². The number of piperazine rings is 1. The van der Waals surface area contributed by atoms with E-state index in [1.807, 2.05) is 53.4 Å². The highest BCUT2D eigenvalue weighted by Crippen LogP contribution is 2.43. The zero-order chi connectivity index (χ0) is 28.5. The van der Waals surface area contributed by atoms with Gasteiger partial charge in [-0.15, -0.1) is 0 Å². The van der Waals surface area contributed by atoms with Gasteiger partial charge >= 0.3 is 0 Å². The van der Waals surface area contributed by atoms with E-state index in [4.69, 9.17) is 12.2 Å². The smallest absolute Gasteiger partial charge is 0.293 e. The molecule has 0 spiro atoms. The lowest BCUT2D eigenvalue weighted by molar-refractivity contribution is -0.384. The molecule has 0 saturated carbocycles. The monoisotopic (exact) mass is 582 g/mol. The summed E-state index contributed by atoms with van der Waals surface area (Å²) in [5, 5.41) is 13.4. The number of nitro benzene ring substituents is 1. The predicted octanol–water partition coefficient (Wildman–Crippen LogP) is 5.88. The second-order valence-electron chi connectivity index (χ2n) is 9.97. The molecule has 1 saturated heterocycles. The number of anilines is 1. The minimum absolute atomic E-state index is 0.0913. The number of carbonyl (C=O) groups is 2. The zero-order valence-electron chi connectivity index (χ0n) is 22.1. The molecule has 0 unspecified atom stereocenters. The Morgan fingerprint density at radius 3 is 2.12 bits per heavy atom. The fourth-order valence-electron chi connectivity index (χ4n) is 5.49. The Balaban J connectivity index is 1.29. The molecule has 0 aliphatic carbocycles. The Bertz CT molecular complexity index is 1670. The first-order valence-corrected chi connectivity index (χ1v) is 14.7. The van der Waals surface area contributed by atoms with Gasteiger partial charge in [0.1, 0.15) is 10.0 Å². The van der Waals surface area contributed by atoms with E-state index in [2.05, 4.69) is 17.0 Å². The molecule has 2 aliphatic rings. The molecule has 2 amide bonds. The second-order valence-corrected chi connectivity index (χ2v) is 11.6. The molecule has 2 aliphatic heterocycles. The van der Waals surface area contributed by atoms with Gasteiger partial charge in [-0.3, -0.25) is 24.6 Å². The molecular weight excluding hydrogens is 556 g/mol. The van der Waals surface area contributed by atoms with Crippen molar-refractivity contribution in [3.8, 4) is 0 Å². The van der Waals surface area contributed by atoms with Crippen LogP contribution in [-0.2, 0) is 12.3 Å². The Labute approximate surface area is 246 Å². The number of thioether (sulfide) groups is 1. The van der Waals surface area contributed by atoms with Crippen molar-refractivity contribution in [1.82, 2.24) is 9.80 Å². The minimum Gasteiger partial charge on any atom is -0.362 e. The first-order chi connectivity index (χ1) is 19.9. The molecule has 0 bridgehead atoms. The molecule has 8 nitrogen and oxygen atoms in total. The summed E-state index contributed by atoms with van der Waals surface area (Å²) in [5.41, 5.74) is 2.86. The number of imide groups is 1. The van der Waals surface area contributed by atoms with E-state index in [0.717, 1.165) is 15.6 Å².